The number of benzene rings is 1. The summed E-state index contributed by atoms with van der Waals surface area (Å²) in [4.78, 5) is 30.1. The molecule has 2 aliphatic rings. The van der Waals surface area contributed by atoms with Crippen LogP contribution in [0.3, 0.4) is 0 Å². The van der Waals surface area contributed by atoms with Crippen LogP contribution in [-0.2, 0) is 0 Å². The van der Waals surface area contributed by atoms with E-state index in [1.165, 1.54) is 6.07 Å². The molecule has 0 atom stereocenters. The van der Waals surface area contributed by atoms with Crippen LogP contribution in [-0.4, -0.2) is 85.1 Å². The fraction of sp³-hybridized carbons (Fsp3) is 0.476. The molecule has 0 N–H and O–H groups in total. The number of anilines is 2. The average Bonchev–Trinajstić information content (AvgIpc) is 2.73. The summed E-state index contributed by atoms with van der Waals surface area (Å²) in [7, 11) is 2.12. The lowest BCUT2D eigenvalue weighted by atomic mass is 10.1. The molecule has 3 heterocycles. The van der Waals surface area contributed by atoms with Crippen LogP contribution in [0.4, 0.5) is 20.4 Å². The SMILES string of the molecule is Cc1nc(N2CCN(C)CC2)cc(N2CCN(C(=O)c3ccc(F)cc3F)CC2)n1. The zero-order valence-corrected chi connectivity index (χ0v) is 17.3. The average molecular weight is 416 g/mol. The van der Waals surface area contributed by atoms with Gasteiger partial charge in [0.2, 0.25) is 0 Å². The number of nitrogens with zero attached hydrogens (tertiary/aromatic N) is 6. The van der Waals surface area contributed by atoms with Crippen LogP contribution >= 0.6 is 0 Å². The number of aryl methyl sites for hydroxylation is 1. The molecule has 9 heteroatoms. The molecule has 0 bridgehead atoms. The maximum absolute atomic E-state index is 14.0. The van der Waals surface area contributed by atoms with E-state index in [0.29, 0.717) is 32.0 Å². The number of amides is 1. The lowest BCUT2D eigenvalue weighted by molar-refractivity contribution is 0.0741. The highest BCUT2D eigenvalue weighted by atomic mass is 19.1. The van der Waals surface area contributed by atoms with Gasteiger partial charge in [0, 0.05) is 64.5 Å². The van der Waals surface area contributed by atoms with E-state index in [0.717, 1.165) is 49.9 Å². The normalized spacial score (nSPS) is 18.1. The molecule has 1 aromatic heterocycles. The second kappa shape index (κ2) is 8.51. The third-order valence-electron chi connectivity index (χ3n) is 5.69. The Morgan fingerprint density at radius 2 is 1.43 bits per heavy atom. The van der Waals surface area contributed by atoms with Gasteiger partial charge in [0.15, 0.2) is 0 Å². The van der Waals surface area contributed by atoms with Crippen LogP contribution in [0.1, 0.15) is 16.2 Å². The monoisotopic (exact) mass is 416 g/mol. The predicted octanol–water partition coefficient (Wildman–Crippen LogP) is 1.78. The first-order valence-corrected chi connectivity index (χ1v) is 10.2. The van der Waals surface area contributed by atoms with E-state index >= 15 is 0 Å². The molecule has 0 saturated carbocycles. The second-order valence-electron chi connectivity index (χ2n) is 7.83. The molecule has 2 saturated heterocycles. The lowest BCUT2D eigenvalue weighted by Gasteiger charge is -2.37. The van der Waals surface area contributed by atoms with Crippen LogP contribution in [0, 0.1) is 18.6 Å². The van der Waals surface area contributed by atoms with Gasteiger partial charge in [0.25, 0.3) is 5.91 Å². The van der Waals surface area contributed by atoms with Gasteiger partial charge in [-0.2, -0.15) is 0 Å². The standard InChI is InChI=1S/C21H26F2N6O/c1-15-24-19(27-7-5-26(2)6-8-27)14-20(25-15)28-9-11-29(12-10-28)21(30)17-4-3-16(22)13-18(17)23/h3-4,13-14H,5-12H2,1-2H3. The number of carbonyl (C=O) groups excluding carboxylic acids is 1. The molecule has 0 unspecified atom stereocenters. The highest BCUT2D eigenvalue weighted by molar-refractivity contribution is 5.94. The highest BCUT2D eigenvalue weighted by Crippen LogP contribution is 2.22. The largest absolute Gasteiger partial charge is 0.354 e. The van der Waals surface area contributed by atoms with E-state index in [1.807, 2.05) is 13.0 Å². The van der Waals surface area contributed by atoms with Gasteiger partial charge in [-0.3, -0.25) is 4.79 Å². The maximum atomic E-state index is 14.0. The Labute approximate surface area is 174 Å². The Morgan fingerprint density at radius 3 is 2.00 bits per heavy atom. The summed E-state index contributed by atoms with van der Waals surface area (Å²) in [5, 5.41) is 0. The molecular weight excluding hydrogens is 390 g/mol. The van der Waals surface area contributed by atoms with Crippen LogP contribution < -0.4 is 9.80 Å². The minimum atomic E-state index is -0.828. The smallest absolute Gasteiger partial charge is 0.256 e. The number of hydrogen-bond acceptors (Lipinski definition) is 6. The first kappa shape index (κ1) is 20.5. The molecule has 160 valence electrons. The summed E-state index contributed by atoms with van der Waals surface area (Å²) in [6, 6.07) is 5.06. The van der Waals surface area contributed by atoms with Gasteiger partial charge in [0.05, 0.1) is 5.56 Å². The van der Waals surface area contributed by atoms with Crippen molar-refractivity contribution in [2.45, 2.75) is 6.92 Å². The molecule has 0 radical (unpaired) electrons. The number of hydrogen-bond donors (Lipinski definition) is 0. The van der Waals surface area contributed by atoms with Crippen molar-refractivity contribution in [3.63, 3.8) is 0 Å². The summed E-state index contributed by atoms with van der Waals surface area (Å²) in [6.07, 6.45) is 0. The lowest BCUT2D eigenvalue weighted by Crippen LogP contribution is -2.49. The molecular formula is C21H26F2N6O. The van der Waals surface area contributed by atoms with Gasteiger partial charge in [-0.25, -0.2) is 18.7 Å². The molecule has 2 aliphatic heterocycles. The molecule has 7 nitrogen and oxygen atoms in total. The van der Waals surface area contributed by atoms with E-state index in [-0.39, 0.29) is 5.56 Å². The highest BCUT2D eigenvalue weighted by Gasteiger charge is 2.26. The van der Waals surface area contributed by atoms with Gasteiger partial charge in [-0.1, -0.05) is 0 Å². The quantitative estimate of drug-likeness (QED) is 0.760. The Morgan fingerprint density at radius 1 is 0.867 bits per heavy atom. The van der Waals surface area contributed by atoms with Gasteiger partial charge in [-0.05, 0) is 26.1 Å². The minimum absolute atomic E-state index is 0.0971. The third-order valence-corrected chi connectivity index (χ3v) is 5.69. The Balaban J connectivity index is 1.43. The Kier molecular flexibility index (Phi) is 5.80. The van der Waals surface area contributed by atoms with E-state index in [4.69, 9.17) is 0 Å². The van der Waals surface area contributed by atoms with Crippen molar-refractivity contribution in [2.75, 3.05) is 69.2 Å². The van der Waals surface area contributed by atoms with Crippen LogP contribution in [0.5, 0.6) is 0 Å². The molecule has 30 heavy (non-hydrogen) atoms. The second-order valence-corrected chi connectivity index (χ2v) is 7.83. The number of likely N-dealkylation sites (N-methyl/N-ethyl adjacent to an activating group) is 1. The maximum Gasteiger partial charge on any atom is 0.256 e. The molecule has 1 aromatic carbocycles. The van der Waals surface area contributed by atoms with Crippen LogP contribution in [0.2, 0.25) is 0 Å². The fourth-order valence-electron chi connectivity index (χ4n) is 3.87. The van der Waals surface area contributed by atoms with Crippen molar-refractivity contribution < 1.29 is 13.6 Å². The van der Waals surface area contributed by atoms with Crippen LogP contribution in [0.15, 0.2) is 24.3 Å². The summed E-state index contributed by atoms with van der Waals surface area (Å²) in [5.41, 5.74) is -0.0971. The summed E-state index contributed by atoms with van der Waals surface area (Å²) in [6.45, 7) is 7.82. The number of aromatic nitrogens is 2. The minimum Gasteiger partial charge on any atom is -0.354 e. The summed E-state index contributed by atoms with van der Waals surface area (Å²) >= 11 is 0. The first-order chi connectivity index (χ1) is 14.4. The van der Waals surface area contributed by atoms with Crippen molar-refractivity contribution in [2.24, 2.45) is 0 Å². The van der Waals surface area contributed by atoms with Gasteiger partial charge < -0.3 is 19.6 Å². The topological polar surface area (TPSA) is 55.8 Å². The van der Waals surface area contributed by atoms with E-state index in [2.05, 4.69) is 31.7 Å². The number of rotatable bonds is 3. The van der Waals surface area contributed by atoms with Crippen molar-refractivity contribution in [3.05, 3.63) is 47.3 Å². The van der Waals surface area contributed by atoms with Crippen molar-refractivity contribution in [3.8, 4) is 0 Å². The number of halogens is 2. The van der Waals surface area contributed by atoms with E-state index in [1.54, 1.807) is 4.90 Å². The molecule has 0 spiro atoms. The van der Waals surface area contributed by atoms with Gasteiger partial charge in [0.1, 0.15) is 29.1 Å². The molecule has 2 fully saturated rings. The Hall–Kier alpha value is -2.81. The zero-order valence-electron chi connectivity index (χ0n) is 17.3. The summed E-state index contributed by atoms with van der Waals surface area (Å²) in [5.74, 6) is 0.557. The van der Waals surface area contributed by atoms with Crippen molar-refractivity contribution in [1.29, 1.82) is 0 Å². The number of carbonyl (C=O) groups is 1. The summed E-state index contributed by atoms with van der Waals surface area (Å²) < 4.78 is 27.1. The third kappa shape index (κ3) is 4.35. The molecule has 0 aliphatic carbocycles. The van der Waals surface area contributed by atoms with Gasteiger partial charge in [-0.15, -0.1) is 0 Å². The Bertz CT molecular complexity index is 924. The molecule has 1 amide bonds. The molecule has 2 aromatic rings. The van der Waals surface area contributed by atoms with Crippen LogP contribution in [0.25, 0.3) is 0 Å². The number of piperazine rings is 2. The predicted molar refractivity (Wildman–Crippen MR) is 111 cm³/mol. The van der Waals surface area contributed by atoms with Gasteiger partial charge >= 0.3 is 0 Å². The van der Waals surface area contributed by atoms with E-state index < -0.39 is 17.5 Å². The van der Waals surface area contributed by atoms with Crippen molar-refractivity contribution in [1.82, 2.24) is 19.8 Å². The zero-order chi connectivity index (χ0) is 21.3. The van der Waals surface area contributed by atoms with Crippen molar-refractivity contribution >= 4 is 17.5 Å². The first-order valence-electron chi connectivity index (χ1n) is 10.2. The fourth-order valence-corrected chi connectivity index (χ4v) is 3.87. The van der Waals surface area contributed by atoms with E-state index in [9.17, 15) is 13.6 Å². The molecule has 4 rings (SSSR count).